The second-order valence-corrected chi connectivity index (χ2v) is 7.64. The Bertz CT molecular complexity index is 920. The number of anilines is 1. The van der Waals surface area contributed by atoms with Crippen LogP contribution in [0.1, 0.15) is 19.8 Å². The molecule has 0 bridgehead atoms. The molecule has 0 unspecified atom stereocenters. The Kier molecular flexibility index (Phi) is 5.19. The van der Waals surface area contributed by atoms with E-state index in [1.807, 2.05) is 67.6 Å². The normalized spacial score (nSPS) is 11.4. The highest BCUT2D eigenvalue weighted by Gasteiger charge is 2.16. The minimum absolute atomic E-state index is 0.101. The monoisotopic (exact) mass is 355 g/mol. The molecule has 1 aromatic heterocycles. The van der Waals surface area contributed by atoms with Gasteiger partial charge in [0.2, 0.25) is 10.0 Å². The summed E-state index contributed by atoms with van der Waals surface area (Å²) in [6.45, 7) is 1.97. The van der Waals surface area contributed by atoms with Crippen molar-refractivity contribution in [1.29, 1.82) is 0 Å². The number of benzene rings is 2. The summed E-state index contributed by atoms with van der Waals surface area (Å²) in [6, 6.07) is 21.0. The Morgan fingerprint density at radius 2 is 1.64 bits per heavy atom. The van der Waals surface area contributed by atoms with Crippen LogP contribution in [0.25, 0.3) is 16.9 Å². The van der Waals surface area contributed by atoms with Crippen molar-refractivity contribution >= 4 is 15.8 Å². The molecule has 5 nitrogen and oxygen atoms in total. The molecule has 130 valence electrons. The summed E-state index contributed by atoms with van der Waals surface area (Å²) in [5, 5.41) is 4.60. The number of sulfonamides is 1. The van der Waals surface area contributed by atoms with Crippen molar-refractivity contribution in [2.75, 3.05) is 10.5 Å². The molecule has 2 aromatic carbocycles. The Labute approximate surface area is 148 Å². The van der Waals surface area contributed by atoms with Gasteiger partial charge in [-0.25, -0.2) is 13.1 Å². The zero-order valence-electron chi connectivity index (χ0n) is 14.1. The van der Waals surface area contributed by atoms with Crippen molar-refractivity contribution < 1.29 is 8.42 Å². The van der Waals surface area contributed by atoms with Crippen LogP contribution < -0.4 is 4.72 Å². The number of unbranched alkanes of at least 4 members (excludes halogenated alkanes) is 1. The van der Waals surface area contributed by atoms with Crippen LogP contribution >= 0.6 is 0 Å². The number of nitrogens with one attached hydrogen (secondary N) is 1. The fourth-order valence-corrected chi connectivity index (χ4v) is 3.75. The van der Waals surface area contributed by atoms with Crippen LogP contribution in [-0.2, 0) is 10.0 Å². The quantitative estimate of drug-likeness (QED) is 0.694. The van der Waals surface area contributed by atoms with Gasteiger partial charge in [0.25, 0.3) is 0 Å². The Hall–Kier alpha value is -2.60. The van der Waals surface area contributed by atoms with Gasteiger partial charge in [0, 0.05) is 11.6 Å². The molecule has 1 heterocycles. The molecule has 0 atom stereocenters. The molecule has 0 spiro atoms. The largest absolute Gasteiger partial charge is 0.267 e. The SMILES string of the molecule is CCCCS(=O)(=O)Nc1cc(-c2ccccc2)nn1-c1ccccc1. The summed E-state index contributed by atoms with van der Waals surface area (Å²) in [6.07, 6.45) is 1.45. The number of nitrogens with zero attached hydrogens (tertiary/aromatic N) is 2. The lowest BCUT2D eigenvalue weighted by Crippen LogP contribution is -2.18. The predicted octanol–water partition coefficient (Wildman–Crippen LogP) is 4.08. The number of para-hydroxylation sites is 1. The molecule has 0 saturated carbocycles. The highest BCUT2D eigenvalue weighted by atomic mass is 32.2. The third kappa shape index (κ3) is 4.28. The minimum Gasteiger partial charge on any atom is -0.267 e. The number of hydrogen-bond acceptors (Lipinski definition) is 3. The smallest absolute Gasteiger partial charge is 0.233 e. The van der Waals surface area contributed by atoms with Crippen molar-refractivity contribution in [3.63, 3.8) is 0 Å². The molecule has 6 heteroatoms. The molecule has 0 aliphatic carbocycles. The first-order chi connectivity index (χ1) is 12.1. The van der Waals surface area contributed by atoms with E-state index in [1.165, 1.54) is 0 Å². The first kappa shape index (κ1) is 17.2. The lowest BCUT2D eigenvalue weighted by Gasteiger charge is -2.10. The Morgan fingerprint density at radius 1 is 1.00 bits per heavy atom. The minimum atomic E-state index is -3.41. The molecule has 3 aromatic rings. The zero-order chi connectivity index (χ0) is 17.7. The molecule has 0 amide bonds. The molecule has 1 N–H and O–H groups in total. The topological polar surface area (TPSA) is 64.0 Å². The van der Waals surface area contributed by atoms with Crippen LogP contribution in [0.3, 0.4) is 0 Å². The van der Waals surface area contributed by atoms with Crippen molar-refractivity contribution in [1.82, 2.24) is 9.78 Å². The van der Waals surface area contributed by atoms with Gasteiger partial charge >= 0.3 is 0 Å². The van der Waals surface area contributed by atoms with Gasteiger partial charge in [0.15, 0.2) is 0 Å². The van der Waals surface area contributed by atoms with Crippen LogP contribution in [0.15, 0.2) is 66.7 Å². The predicted molar refractivity (Wildman–Crippen MR) is 101 cm³/mol. The van der Waals surface area contributed by atoms with Crippen LogP contribution in [-0.4, -0.2) is 24.0 Å². The summed E-state index contributed by atoms with van der Waals surface area (Å²) in [7, 11) is -3.41. The number of aromatic nitrogens is 2. The standard InChI is InChI=1S/C19H21N3O2S/c1-2-3-14-25(23,24)21-19-15-18(16-10-6-4-7-11-16)20-22(19)17-12-8-5-9-13-17/h4-13,15,21H,2-3,14H2,1H3. The molecule has 0 fully saturated rings. The highest BCUT2D eigenvalue weighted by molar-refractivity contribution is 7.92. The van der Waals surface area contributed by atoms with Gasteiger partial charge in [-0.15, -0.1) is 0 Å². The lowest BCUT2D eigenvalue weighted by molar-refractivity contribution is 0.597. The molecular weight excluding hydrogens is 334 g/mol. The fourth-order valence-electron chi connectivity index (χ4n) is 2.51. The van der Waals surface area contributed by atoms with E-state index in [0.29, 0.717) is 12.2 Å². The lowest BCUT2D eigenvalue weighted by atomic mass is 10.2. The van der Waals surface area contributed by atoms with E-state index in [4.69, 9.17) is 0 Å². The zero-order valence-corrected chi connectivity index (χ0v) is 14.9. The number of hydrogen-bond donors (Lipinski definition) is 1. The summed E-state index contributed by atoms with van der Waals surface area (Å²) in [5.74, 6) is 0.547. The van der Waals surface area contributed by atoms with E-state index in [1.54, 1.807) is 10.7 Å². The fraction of sp³-hybridized carbons (Fsp3) is 0.211. The summed E-state index contributed by atoms with van der Waals surface area (Å²) < 4.78 is 29.0. The maximum absolute atomic E-state index is 12.3. The molecule has 0 aliphatic rings. The van der Waals surface area contributed by atoms with Crippen LogP contribution in [0.2, 0.25) is 0 Å². The maximum Gasteiger partial charge on any atom is 0.233 e. The van der Waals surface area contributed by atoms with Gasteiger partial charge < -0.3 is 0 Å². The van der Waals surface area contributed by atoms with Gasteiger partial charge in [-0.1, -0.05) is 61.9 Å². The average Bonchev–Trinajstić information content (AvgIpc) is 3.04. The van der Waals surface area contributed by atoms with E-state index in [-0.39, 0.29) is 5.75 Å². The summed E-state index contributed by atoms with van der Waals surface area (Å²) >= 11 is 0. The molecule has 0 radical (unpaired) electrons. The number of rotatable bonds is 7. The highest BCUT2D eigenvalue weighted by Crippen LogP contribution is 2.25. The molecule has 3 rings (SSSR count). The van der Waals surface area contributed by atoms with Crippen LogP contribution in [0.5, 0.6) is 0 Å². The third-order valence-corrected chi connectivity index (χ3v) is 5.15. The van der Waals surface area contributed by atoms with Gasteiger partial charge in [-0.05, 0) is 18.6 Å². The van der Waals surface area contributed by atoms with E-state index in [2.05, 4.69) is 9.82 Å². The van der Waals surface area contributed by atoms with Gasteiger partial charge in [0.1, 0.15) is 5.82 Å². The first-order valence-electron chi connectivity index (χ1n) is 8.30. The van der Waals surface area contributed by atoms with E-state index >= 15 is 0 Å². The third-order valence-electron chi connectivity index (χ3n) is 3.81. The van der Waals surface area contributed by atoms with Crippen molar-refractivity contribution in [2.24, 2.45) is 0 Å². The first-order valence-corrected chi connectivity index (χ1v) is 9.96. The summed E-state index contributed by atoms with van der Waals surface area (Å²) in [5.41, 5.74) is 2.46. The van der Waals surface area contributed by atoms with Crippen LogP contribution in [0, 0.1) is 0 Å². The Balaban J connectivity index is 2.02. The van der Waals surface area contributed by atoms with Crippen molar-refractivity contribution in [3.05, 3.63) is 66.7 Å². The second-order valence-electron chi connectivity index (χ2n) is 5.80. The molecule has 0 saturated heterocycles. The molecular formula is C19H21N3O2S. The van der Waals surface area contributed by atoms with Crippen molar-refractivity contribution in [2.45, 2.75) is 19.8 Å². The van der Waals surface area contributed by atoms with E-state index < -0.39 is 10.0 Å². The van der Waals surface area contributed by atoms with E-state index in [9.17, 15) is 8.42 Å². The van der Waals surface area contributed by atoms with Crippen molar-refractivity contribution in [3.8, 4) is 16.9 Å². The Morgan fingerprint density at radius 3 is 2.28 bits per heavy atom. The molecule has 25 heavy (non-hydrogen) atoms. The van der Waals surface area contributed by atoms with Gasteiger partial charge in [0.05, 0.1) is 17.1 Å². The van der Waals surface area contributed by atoms with Gasteiger partial charge in [-0.2, -0.15) is 5.10 Å². The van der Waals surface area contributed by atoms with Gasteiger partial charge in [-0.3, -0.25) is 4.72 Å². The van der Waals surface area contributed by atoms with Crippen LogP contribution in [0.4, 0.5) is 5.82 Å². The van der Waals surface area contributed by atoms with E-state index in [0.717, 1.165) is 23.4 Å². The summed E-state index contributed by atoms with van der Waals surface area (Å²) in [4.78, 5) is 0. The average molecular weight is 355 g/mol. The maximum atomic E-state index is 12.3. The second kappa shape index (κ2) is 7.53. The molecule has 0 aliphatic heterocycles.